The Kier molecular flexibility index (Phi) is 12.8. The Morgan fingerprint density at radius 2 is 1.16 bits per heavy atom. The monoisotopic (exact) mass is 644 g/mol. The van der Waals surface area contributed by atoms with Crippen molar-refractivity contribution in [2.75, 3.05) is 0 Å². The molecule has 0 aromatic heterocycles. The first kappa shape index (κ1) is 33.7. The van der Waals surface area contributed by atoms with E-state index in [1.807, 2.05) is 0 Å². The standard InChI is InChI=1S/C19H25BF3O2.3C4H9.Sn/c1-6-7-8-16(20-24-17(2,3)18(4,5)25-20)13-14-9-11-15(12-10-14)19(21,22)23;3*1-3-4-2;/h9-12H,6-8H2,1-5H3;3*1,3-4H2,2H3;. The molecule has 2 nitrogen and oxygen atoms in total. The summed E-state index contributed by atoms with van der Waals surface area (Å²) in [6.45, 7) is 17.3. The summed E-state index contributed by atoms with van der Waals surface area (Å²) < 4.78 is 59.1. The summed E-state index contributed by atoms with van der Waals surface area (Å²) in [5, 5.41) is 0. The number of unbranched alkanes of at least 4 members (excludes halogenated alkanes) is 4. The van der Waals surface area contributed by atoms with Gasteiger partial charge >= 0.3 is 236 Å². The fourth-order valence-corrected chi connectivity index (χ4v) is 23.6. The number of rotatable bonds is 15. The van der Waals surface area contributed by atoms with Crippen LogP contribution in [0.3, 0.4) is 0 Å². The van der Waals surface area contributed by atoms with Crippen molar-refractivity contribution in [1.29, 1.82) is 0 Å². The first-order valence-corrected chi connectivity index (χ1v) is 22.5. The molecule has 0 unspecified atom stereocenters. The van der Waals surface area contributed by atoms with Crippen LogP contribution in [-0.2, 0) is 15.5 Å². The van der Waals surface area contributed by atoms with E-state index in [-0.39, 0.29) is 0 Å². The van der Waals surface area contributed by atoms with Crippen LogP contribution in [0.4, 0.5) is 13.2 Å². The van der Waals surface area contributed by atoms with Crippen molar-refractivity contribution < 1.29 is 22.5 Å². The molecule has 0 amide bonds. The second-order valence-corrected chi connectivity index (χ2v) is 25.3. The van der Waals surface area contributed by atoms with Crippen LogP contribution in [0.2, 0.25) is 13.3 Å². The molecule has 1 aromatic rings. The number of hydrogen-bond donors (Lipinski definition) is 0. The molecule has 0 radical (unpaired) electrons. The van der Waals surface area contributed by atoms with E-state index in [2.05, 4.69) is 55.4 Å². The molecule has 1 saturated heterocycles. The maximum absolute atomic E-state index is 13.6. The fraction of sp³-hybridized carbons (Fsp3) is 0.742. The minimum absolute atomic E-state index is 0.454. The van der Waals surface area contributed by atoms with E-state index in [1.165, 1.54) is 53.8 Å². The summed E-state index contributed by atoms with van der Waals surface area (Å²) in [5.74, 6) is 0. The first-order valence-electron chi connectivity index (χ1n) is 15.0. The van der Waals surface area contributed by atoms with Crippen molar-refractivity contribution in [3.8, 4) is 0 Å². The van der Waals surface area contributed by atoms with Crippen molar-refractivity contribution in [2.45, 2.75) is 144 Å². The zero-order valence-electron chi connectivity index (χ0n) is 25.3. The van der Waals surface area contributed by atoms with Crippen molar-refractivity contribution in [3.63, 3.8) is 0 Å². The van der Waals surface area contributed by atoms with E-state index in [0.29, 0.717) is 0 Å². The summed E-state index contributed by atoms with van der Waals surface area (Å²) in [6.07, 6.45) is 5.53. The van der Waals surface area contributed by atoms with Crippen molar-refractivity contribution in [3.05, 3.63) is 40.9 Å². The Labute approximate surface area is 235 Å². The summed E-state index contributed by atoms with van der Waals surface area (Å²) >= 11 is -3.15. The van der Waals surface area contributed by atoms with E-state index < -0.39 is 48.4 Å². The Balaban J connectivity index is 2.89. The summed E-state index contributed by atoms with van der Waals surface area (Å²) in [6, 6.07) is 6.08. The minimum atomic E-state index is -4.34. The van der Waals surface area contributed by atoms with Crippen LogP contribution < -0.4 is 0 Å². The van der Waals surface area contributed by atoms with Crippen LogP contribution in [0.15, 0.2) is 29.7 Å². The SMILES string of the molecule is CCCC/C(B1OC(C)(C)C(C)(C)O1)=[C](\c1ccc(C(F)(F)F)cc1)[Sn]([CH2]CCC)([CH2]CCC)[CH2]CCC. The van der Waals surface area contributed by atoms with Crippen molar-refractivity contribution >= 4 is 29.1 Å². The van der Waals surface area contributed by atoms with Gasteiger partial charge in [0, 0.05) is 0 Å². The molecule has 1 aliphatic rings. The van der Waals surface area contributed by atoms with E-state index in [1.54, 1.807) is 12.1 Å². The average Bonchev–Trinajstić information content (AvgIpc) is 3.07. The zero-order chi connectivity index (χ0) is 28.6. The number of allylic oxidation sites excluding steroid dienone is 1. The van der Waals surface area contributed by atoms with Gasteiger partial charge in [0.1, 0.15) is 0 Å². The number of halogens is 3. The topological polar surface area (TPSA) is 18.5 Å². The molecule has 216 valence electrons. The molecule has 1 aliphatic heterocycles. The van der Waals surface area contributed by atoms with Gasteiger partial charge in [0.25, 0.3) is 0 Å². The van der Waals surface area contributed by atoms with Crippen LogP contribution in [0.1, 0.15) is 124 Å². The molecule has 1 heterocycles. The first-order chi connectivity index (χ1) is 17.8. The second kappa shape index (κ2) is 14.4. The van der Waals surface area contributed by atoms with Gasteiger partial charge in [-0.3, -0.25) is 0 Å². The van der Waals surface area contributed by atoms with Crippen LogP contribution >= 0.6 is 0 Å². The summed E-state index contributed by atoms with van der Waals surface area (Å²) in [4.78, 5) is 0. The molecule has 0 bridgehead atoms. The van der Waals surface area contributed by atoms with E-state index in [4.69, 9.17) is 9.31 Å². The van der Waals surface area contributed by atoms with Gasteiger partial charge in [-0.1, -0.05) is 0 Å². The quantitative estimate of drug-likeness (QED) is 0.177. The third-order valence-electron chi connectivity index (χ3n) is 8.72. The van der Waals surface area contributed by atoms with Gasteiger partial charge in [-0.05, 0) is 0 Å². The summed E-state index contributed by atoms with van der Waals surface area (Å²) in [5.41, 5.74) is 0.703. The normalized spacial score (nSPS) is 18.1. The third kappa shape index (κ3) is 8.28. The van der Waals surface area contributed by atoms with Gasteiger partial charge in [0.2, 0.25) is 0 Å². The molecule has 0 N–H and O–H groups in total. The average molecular weight is 643 g/mol. The predicted molar refractivity (Wildman–Crippen MR) is 159 cm³/mol. The van der Waals surface area contributed by atoms with Crippen LogP contribution in [0, 0.1) is 0 Å². The van der Waals surface area contributed by atoms with E-state index >= 15 is 0 Å². The van der Waals surface area contributed by atoms with Gasteiger partial charge in [0.15, 0.2) is 0 Å². The number of hydrogen-bond acceptors (Lipinski definition) is 2. The molecule has 38 heavy (non-hydrogen) atoms. The molecule has 0 atom stereocenters. The number of benzene rings is 1. The van der Waals surface area contributed by atoms with Gasteiger partial charge in [-0.15, -0.1) is 0 Å². The van der Waals surface area contributed by atoms with E-state index in [0.717, 1.165) is 44.1 Å². The van der Waals surface area contributed by atoms with Crippen LogP contribution in [-0.4, -0.2) is 36.7 Å². The molecule has 2 rings (SSSR count). The molecule has 7 heteroatoms. The number of alkyl halides is 3. The molecule has 1 fully saturated rings. The zero-order valence-corrected chi connectivity index (χ0v) is 28.2. The second-order valence-electron chi connectivity index (χ2n) is 12.3. The van der Waals surface area contributed by atoms with Crippen molar-refractivity contribution in [1.82, 2.24) is 0 Å². The molecule has 0 aliphatic carbocycles. The van der Waals surface area contributed by atoms with Gasteiger partial charge in [-0.2, -0.15) is 0 Å². The van der Waals surface area contributed by atoms with Gasteiger partial charge < -0.3 is 0 Å². The molecule has 1 aromatic carbocycles. The van der Waals surface area contributed by atoms with Crippen LogP contribution in [0.5, 0.6) is 0 Å². The maximum atomic E-state index is 13.6. The summed E-state index contributed by atoms with van der Waals surface area (Å²) in [7, 11) is -0.454. The Morgan fingerprint density at radius 1 is 0.737 bits per heavy atom. The van der Waals surface area contributed by atoms with Gasteiger partial charge in [0.05, 0.1) is 0 Å². The molecule has 0 saturated carbocycles. The molecular weight excluding hydrogens is 591 g/mol. The Bertz CT molecular complexity index is 856. The van der Waals surface area contributed by atoms with Crippen LogP contribution in [0.25, 0.3) is 3.59 Å². The van der Waals surface area contributed by atoms with Crippen molar-refractivity contribution in [2.24, 2.45) is 0 Å². The Morgan fingerprint density at radius 3 is 1.53 bits per heavy atom. The van der Waals surface area contributed by atoms with E-state index in [9.17, 15) is 13.2 Å². The molecular formula is C31H52BF3O2Sn. The molecule has 0 spiro atoms. The fourth-order valence-electron chi connectivity index (χ4n) is 5.67. The van der Waals surface area contributed by atoms with Gasteiger partial charge in [-0.25, -0.2) is 0 Å². The Hall–Kier alpha value is -0.466. The third-order valence-corrected chi connectivity index (χ3v) is 24.7. The predicted octanol–water partition coefficient (Wildman–Crippen LogP) is 10.7.